The molecule has 30 heavy (non-hydrogen) atoms. The number of carbonyl (C=O) groups excluding carboxylic acids is 1. The van der Waals surface area contributed by atoms with Crippen molar-refractivity contribution in [3.8, 4) is 0 Å². The number of nitrogens with one attached hydrogen (secondary N) is 1. The molecule has 1 N–H and O–H groups in total. The van der Waals surface area contributed by atoms with Crippen LogP contribution in [0.1, 0.15) is 20.8 Å². The summed E-state index contributed by atoms with van der Waals surface area (Å²) < 4.78 is 20.3. The molecule has 0 saturated heterocycles. The first kappa shape index (κ1) is 20.5. The zero-order valence-corrected chi connectivity index (χ0v) is 17.9. The fraction of sp³-hybridized carbons (Fsp3) is 0.130. The van der Waals surface area contributed by atoms with Crippen molar-refractivity contribution in [2.45, 2.75) is 17.3 Å². The summed E-state index contributed by atoms with van der Waals surface area (Å²) in [5.41, 5.74) is 2.42. The number of thiophene rings is 1. The van der Waals surface area contributed by atoms with Crippen molar-refractivity contribution in [1.29, 1.82) is 0 Å². The van der Waals surface area contributed by atoms with Crippen LogP contribution in [-0.4, -0.2) is 18.0 Å². The maximum atomic E-state index is 14.3. The zero-order valence-electron chi connectivity index (χ0n) is 16.2. The van der Waals surface area contributed by atoms with Gasteiger partial charge >= 0.3 is 0 Å². The van der Waals surface area contributed by atoms with E-state index in [-0.39, 0.29) is 18.3 Å². The number of benzene rings is 2. The summed E-state index contributed by atoms with van der Waals surface area (Å²) in [7, 11) is 1.54. The molecule has 4 nitrogen and oxygen atoms in total. The second-order valence-corrected chi connectivity index (χ2v) is 8.69. The molecule has 0 radical (unpaired) electrons. The van der Waals surface area contributed by atoms with Crippen LogP contribution in [0.15, 0.2) is 71.9 Å². The van der Waals surface area contributed by atoms with Crippen LogP contribution in [0.25, 0.3) is 10.1 Å². The Labute approximate surface area is 182 Å². The monoisotopic (exact) mass is 438 g/mol. The summed E-state index contributed by atoms with van der Waals surface area (Å²) in [6.45, 7) is 0.174. The van der Waals surface area contributed by atoms with Crippen LogP contribution in [0.2, 0.25) is 0 Å². The summed E-state index contributed by atoms with van der Waals surface area (Å²) >= 11 is 2.97. The fourth-order valence-corrected chi connectivity index (χ4v) is 5.06. The smallest absolute Gasteiger partial charge is 0.266 e. The summed E-state index contributed by atoms with van der Waals surface area (Å²) in [6, 6.07) is 16.5. The van der Waals surface area contributed by atoms with E-state index in [2.05, 4.69) is 10.3 Å². The largest absolute Gasteiger partial charge is 0.380 e. The van der Waals surface area contributed by atoms with Gasteiger partial charge in [0, 0.05) is 51.5 Å². The summed E-state index contributed by atoms with van der Waals surface area (Å²) in [5, 5.41) is 3.37. The van der Waals surface area contributed by atoms with Crippen LogP contribution in [0.4, 0.5) is 10.1 Å². The number of hydrogen-bond donors (Lipinski definition) is 1. The fourth-order valence-electron chi connectivity index (χ4n) is 3.11. The van der Waals surface area contributed by atoms with Gasteiger partial charge in [0.15, 0.2) is 0 Å². The molecule has 2 aromatic heterocycles. The Morgan fingerprint density at radius 3 is 2.73 bits per heavy atom. The van der Waals surface area contributed by atoms with Gasteiger partial charge < -0.3 is 10.1 Å². The lowest BCUT2D eigenvalue weighted by Crippen LogP contribution is -2.12. The Morgan fingerprint density at radius 1 is 1.17 bits per heavy atom. The number of thioether (sulfide) groups is 1. The van der Waals surface area contributed by atoms with Gasteiger partial charge in [0.05, 0.1) is 11.5 Å². The molecule has 0 saturated carbocycles. The molecule has 0 aliphatic carbocycles. The molecule has 152 valence electrons. The van der Waals surface area contributed by atoms with E-state index in [0.29, 0.717) is 21.5 Å². The van der Waals surface area contributed by atoms with Crippen molar-refractivity contribution >= 4 is 44.8 Å². The highest BCUT2D eigenvalue weighted by Crippen LogP contribution is 2.34. The third-order valence-electron chi connectivity index (χ3n) is 4.50. The second-order valence-electron chi connectivity index (χ2n) is 6.58. The molecule has 0 aliphatic heterocycles. The number of ether oxygens (including phenoxy) is 1. The van der Waals surface area contributed by atoms with Crippen LogP contribution in [-0.2, 0) is 17.1 Å². The lowest BCUT2D eigenvalue weighted by Gasteiger charge is -2.08. The quantitative estimate of drug-likeness (QED) is 0.353. The topological polar surface area (TPSA) is 51.2 Å². The number of hydrogen-bond acceptors (Lipinski definition) is 5. The van der Waals surface area contributed by atoms with Crippen molar-refractivity contribution in [3.05, 3.63) is 88.8 Å². The van der Waals surface area contributed by atoms with E-state index < -0.39 is 0 Å². The normalized spacial score (nSPS) is 11.0. The molecular weight excluding hydrogens is 419 g/mol. The van der Waals surface area contributed by atoms with Gasteiger partial charge in [-0.25, -0.2) is 4.39 Å². The molecule has 4 aromatic rings. The minimum Gasteiger partial charge on any atom is -0.380 e. The average molecular weight is 439 g/mol. The lowest BCUT2D eigenvalue weighted by atomic mass is 10.1. The third kappa shape index (κ3) is 4.53. The number of rotatable bonds is 7. The number of aromatic nitrogens is 1. The predicted molar refractivity (Wildman–Crippen MR) is 121 cm³/mol. The second kappa shape index (κ2) is 9.38. The van der Waals surface area contributed by atoms with E-state index in [1.807, 2.05) is 48.7 Å². The number of amides is 1. The summed E-state index contributed by atoms with van der Waals surface area (Å²) in [4.78, 5) is 18.6. The molecule has 0 aliphatic rings. The van der Waals surface area contributed by atoms with Crippen LogP contribution >= 0.6 is 23.1 Å². The maximum absolute atomic E-state index is 14.3. The van der Waals surface area contributed by atoms with Crippen LogP contribution in [0.5, 0.6) is 0 Å². The van der Waals surface area contributed by atoms with E-state index in [4.69, 9.17) is 4.74 Å². The Balaban J connectivity index is 1.49. The van der Waals surface area contributed by atoms with Crippen LogP contribution in [0, 0.1) is 5.82 Å². The summed E-state index contributed by atoms with van der Waals surface area (Å²) in [6.07, 6.45) is 3.61. The van der Waals surface area contributed by atoms with Gasteiger partial charge in [0.1, 0.15) is 5.82 Å². The van der Waals surface area contributed by atoms with Gasteiger partial charge in [0.2, 0.25) is 0 Å². The standard InChI is InChI=1S/C23H19FN2O2S2/c1-28-13-18-21-19(24)5-2-6-20(21)30-22(18)23(27)26-16-7-9-17(10-8-16)29-14-15-4-3-11-25-12-15/h2-12H,13-14H2,1H3,(H,26,27). The molecule has 4 rings (SSSR count). The minimum atomic E-state index is -0.343. The van der Waals surface area contributed by atoms with E-state index in [1.165, 1.54) is 24.5 Å². The summed E-state index contributed by atoms with van der Waals surface area (Å²) in [5.74, 6) is 0.219. The molecule has 7 heteroatoms. The SMILES string of the molecule is COCc1c(C(=O)Nc2ccc(SCc3cccnc3)cc2)sc2cccc(F)c12. The van der Waals surface area contributed by atoms with Gasteiger partial charge in [-0.15, -0.1) is 23.1 Å². The maximum Gasteiger partial charge on any atom is 0.266 e. The highest BCUT2D eigenvalue weighted by Gasteiger charge is 2.20. The number of methoxy groups -OCH3 is 1. The highest BCUT2D eigenvalue weighted by molar-refractivity contribution is 7.98. The molecule has 2 aromatic carbocycles. The van der Waals surface area contributed by atoms with Gasteiger partial charge in [-0.05, 0) is 48.0 Å². The molecule has 0 bridgehead atoms. The number of nitrogens with zero attached hydrogens (tertiary/aromatic N) is 1. The average Bonchev–Trinajstić information content (AvgIpc) is 3.14. The number of carbonyl (C=O) groups is 1. The van der Waals surface area contributed by atoms with Crippen molar-refractivity contribution < 1.29 is 13.9 Å². The molecular formula is C23H19FN2O2S2. The molecule has 2 heterocycles. The first-order valence-corrected chi connectivity index (χ1v) is 11.1. The van der Waals surface area contributed by atoms with Crippen LogP contribution in [0.3, 0.4) is 0 Å². The van der Waals surface area contributed by atoms with E-state index in [1.54, 1.807) is 24.0 Å². The van der Waals surface area contributed by atoms with E-state index >= 15 is 0 Å². The molecule has 0 spiro atoms. The Morgan fingerprint density at radius 2 is 2.00 bits per heavy atom. The van der Waals surface area contributed by atoms with Crippen molar-refractivity contribution in [3.63, 3.8) is 0 Å². The van der Waals surface area contributed by atoms with Crippen LogP contribution < -0.4 is 5.32 Å². The van der Waals surface area contributed by atoms with Gasteiger partial charge in [-0.2, -0.15) is 0 Å². The predicted octanol–water partition coefficient (Wildman–Crippen LogP) is 6.13. The molecule has 0 unspecified atom stereocenters. The number of anilines is 1. The van der Waals surface area contributed by atoms with Gasteiger partial charge in [-0.3, -0.25) is 9.78 Å². The van der Waals surface area contributed by atoms with Crippen molar-refractivity contribution in [2.24, 2.45) is 0 Å². The van der Waals surface area contributed by atoms with E-state index in [0.717, 1.165) is 20.9 Å². The minimum absolute atomic E-state index is 0.174. The van der Waals surface area contributed by atoms with Crippen molar-refractivity contribution in [2.75, 3.05) is 12.4 Å². The van der Waals surface area contributed by atoms with Gasteiger partial charge in [-0.1, -0.05) is 12.1 Å². The zero-order chi connectivity index (χ0) is 20.9. The van der Waals surface area contributed by atoms with E-state index in [9.17, 15) is 9.18 Å². The molecule has 1 amide bonds. The van der Waals surface area contributed by atoms with Crippen molar-refractivity contribution in [1.82, 2.24) is 4.98 Å². The lowest BCUT2D eigenvalue weighted by molar-refractivity contribution is 0.102. The first-order valence-electron chi connectivity index (χ1n) is 9.27. The molecule has 0 atom stereocenters. The number of pyridine rings is 1. The highest BCUT2D eigenvalue weighted by atomic mass is 32.2. The number of halogens is 1. The third-order valence-corrected chi connectivity index (χ3v) is 6.78. The number of fused-ring (bicyclic) bond motifs is 1. The Kier molecular flexibility index (Phi) is 6.42. The Bertz CT molecular complexity index is 1160. The molecule has 0 fully saturated rings. The Hall–Kier alpha value is -2.74. The first-order chi connectivity index (χ1) is 14.7. The van der Waals surface area contributed by atoms with Gasteiger partial charge in [0.25, 0.3) is 5.91 Å².